The fourth-order valence-corrected chi connectivity index (χ4v) is 3.43. The molecule has 0 spiro atoms. The number of aliphatic hydroxyl groups is 1. The summed E-state index contributed by atoms with van der Waals surface area (Å²) >= 11 is 6.08. The maximum atomic E-state index is 11.0. The van der Waals surface area contributed by atoms with Crippen LogP contribution < -0.4 is 15.0 Å². The van der Waals surface area contributed by atoms with Crippen molar-refractivity contribution >= 4 is 28.9 Å². The Bertz CT molecular complexity index is 777. The molecular weight excluding hydrogens is 378 g/mol. The first-order chi connectivity index (χ1) is 13.5. The van der Waals surface area contributed by atoms with Gasteiger partial charge in [0.1, 0.15) is 18.5 Å². The molecule has 3 rings (SSSR count). The van der Waals surface area contributed by atoms with E-state index in [0.717, 1.165) is 42.6 Å². The summed E-state index contributed by atoms with van der Waals surface area (Å²) < 4.78 is 5.66. The summed E-state index contributed by atoms with van der Waals surface area (Å²) in [5, 5.41) is 13.8. The van der Waals surface area contributed by atoms with E-state index in [-0.39, 0.29) is 12.5 Å². The van der Waals surface area contributed by atoms with Gasteiger partial charge in [0.2, 0.25) is 5.91 Å². The summed E-state index contributed by atoms with van der Waals surface area (Å²) in [7, 11) is 0. The van der Waals surface area contributed by atoms with Gasteiger partial charge in [0.05, 0.1) is 0 Å². The Hall–Kier alpha value is -2.28. The van der Waals surface area contributed by atoms with Gasteiger partial charge >= 0.3 is 0 Å². The van der Waals surface area contributed by atoms with Crippen LogP contribution in [0.15, 0.2) is 48.5 Å². The number of halogens is 1. The summed E-state index contributed by atoms with van der Waals surface area (Å²) in [5.74, 6) is 0.554. The SMILES string of the molecule is CC(=O)Nc1ccc(OC[C@@H](O)CN2CCN(c3cccc(Cl)c3)CC2)cc1. The van der Waals surface area contributed by atoms with Gasteiger partial charge in [-0.05, 0) is 42.5 Å². The van der Waals surface area contributed by atoms with Crippen LogP contribution >= 0.6 is 11.6 Å². The third-order valence-corrected chi connectivity index (χ3v) is 4.87. The molecule has 150 valence electrons. The smallest absolute Gasteiger partial charge is 0.221 e. The van der Waals surface area contributed by atoms with Crippen molar-refractivity contribution in [2.75, 3.05) is 49.5 Å². The molecule has 0 bridgehead atoms. The summed E-state index contributed by atoms with van der Waals surface area (Å²) in [6.07, 6.45) is -0.562. The third-order valence-electron chi connectivity index (χ3n) is 4.63. The van der Waals surface area contributed by atoms with E-state index in [9.17, 15) is 9.90 Å². The standard InChI is InChI=1S/C21H26ClN3O3/c1-16(26)23-18-5-7-21(8-6-18)28-15-20(27)14-24-9-11-25(12-10-24)19-4-2-3-17(22)13-19/h2-8,13,20,27H,9-12,14-15H2,1H3,(H,23,26)/t20-/m0/s1. The topological polar surface area (TPSA) is 65.0 Å². The van der Waals surface area contributed by atoms with Crippen LogP contribution in [0.1, 0.15) is 6.92 Å². The van der Waals surface area contributed by atoms with E-state index in [4.69, 9.17) is 16.3 Å². The van der Waals surface area contributed by atoms with Crippen molar-refractivity contribution in [2.45, 2.75) is 13.0 Å². The van der Waals surface area contributed by atoms with Gasteiger partial charge in [0.15, 0.2) is 0 Å². The molecule has 2 aromatic carbocycles. The monoisotopic (exact) mass is 403 g/mol. The van der Waals surface area contributed by atoms with E-state index in [2.05, 4.69) is 21.2 Å². The number of nitrogens with zero attached hydrogens (tertiary/aromatic N) is 2. The van der Waals surface area contributed by atoms with E-state index < -0.39 is 6.10 Å². The second-order valence-corrected chi connectivity index (χ2v) is 7.37. The molecule has 1 atom stereocenters. The van der Waals surface area contributed by atoms with Crippen LogP contribution in [0.2, 0.25) is 5.02 Å². The second-order valence-electron chi connectivity index (χ2n) is 6.94. The average Bonchev–Trinajstić information content (AvgIpc) is 2.68. The Morgan fingerprint density at radius 2 is 1.89 bits per heavy atom. The van der Waals surface area contributed by atoms with E-state index in [1.54, 1.807) is 24.3 Å². The molecular formula is C21H26ClN3O3. The summed E-state index contributed by atoms with van der Waals surface area (Å²) in [4.78, 5) is 15.6. The van der Waals surface area contributed by atoms with E-state index in [0.29, 0.717) is 12.3 Å². The number of piperazine rings is 1. The van der Waals surface area contributed by atoms with Crippen molar-refractivity contribution in [3.8, 4) is 5.75 Å². The van der Waals surface area contributed by atoms with Crippen molar-refractivity contribution in [1.82, 2.24) is 4.90 Å². The lowest BCUT2D eigenvalue weighted by atomic mass is 10.2. The number of anilines is 2. The Kier molecular flexibility index (Phi) is 7.14. The van der Waals surface area contributed by atoms with Crippen LogP contribution in [0.25, 0.3) is 0 Å². The minimum absolute atomic E-state index is 0.112. The number of aliphatic hydroxyl groups excluding tert-OH is 1. The number of carbonyl (C=O) groups is 1. The number of nitrogens with one attached hydrogen (secondary N) is 1. The molecule has 28 heavy (non-hydrogen) atoms. The minimum atomic E-state index is -0.562. The Morgan fingerprint density at radius 3 is 2.54 bits per heavy atom. The number of carbonyl (C=O) groups excluding carboxylic acids is 1. The molecule has 0 saturated carbocycles. The first kappa shape index (κ1) is 20.5. The van der Waals surface area contributed by atoms with E-state index in [1.165, 1.54) is 6.92 Å². The molecule has 1 heterocycles. The number of amides is 1. The second kappa shape index (κ2) is 9.78. The first-order valence-corrected chi connectivity index (χ1v) is 9.79. The zero-order valence-corrected chi connectivity index (χ0v) is 16.7. The van der Waals surface area contributed by atoms with Crippen LogP contribution in [0.5, 0.6) is 5.75 Å². The quantitative estimate of drug-likeness (QED) is 0.744. The maximum absolute atomic E-state index is 11.0. The lowest BCUT2D eigenvalue weighted by Gasteiger charge is -2.36. The van der Waals surface area contributed by atoms with E-state index >= 15 is 0 Å². The molecule has 1 fully saturated rings. The van der Waals surface area contributed by atoms with Crippen LogP contribution in [0.3, 0.4) is 0 Å². The fourth-order valence-electron chi connectivity index (χ4n) is 3.24. The molecule has 1 aliphatic heterocycles. The van der Waals surface area contributed by atoms with Crippen LogP contribution in [0, 0.1) is 0 Å². The van der Waals surface area contributed by atoms with Crippen molar-refractivity contribution < 1.29 is 14.6 Å². The van der Waals surface area contributed by atoms with E-state index in [1.807, 2.05) is 18.2 Å². The fraction of sp³-hybridized carbons (Fsp3) is 0.381. The Morgan fingerprint density at radius 1 is 1.18 bits per heavy atom. The molecule has 0 aromatic heterocycles. The number of hydrogen-bond donors (Lipinski definition) is 2. The Balaban J connectivity index is 1.39. The highest BCUT2D eigenvalue weighted by Crippen LogP contribution is 2.21. The number of ether oxygens (including phenoxy) is 1. The molecule has 2 N–H and O–H groups in total. The van der Waals surface area contributed by atoms with Gasteiger partial charge in [-0.1, -0.05) is 17.7 Å². The number of rotatable bonds is 7. The van der Waals surface area contributed by atoms with Gasteiger partial charge in [-0.15, -0.1) is 0 Å². The van der Waals surface area contributed by atoms with Crippen LogP contribution in [-0.4, -0.2) is 61.3 Å². The molecule has 1 aliphatic rings. The molecule has 0 aliphatic carbocycles. The van der Waals surface area contributed by atoms with Gasteiger partial charge in [-0.25, -0.2) is 0 Å². The summed E-state index contributed by atoms with van der Waals surface area (Å²) in [6.45, 7) is 5.85. The van der Waals surface area contributed by atoms with Gasteiger partial charge in [-0.2, -0.15) is 0 Å². The zero-order chi connectivity index (χ0) is 19.9. The summed E-state index contributed by atoms with van der Waals surface area (Å²) in [6, 6.07) is 15.0. The van der Waals surface area contributed by atoms with Gasteiger partial charge in [0.25, 0.3) is 0 Å². The van der Waals surface area contributed by atoms with Crippen LogP contribution in [0.4, 0.5) is 11.4 Å². The summed E-state index contributed by atoms with van der Waals surface area (Å²) in [5.41, 5.74) is 1.86. The lowest BCUT2D eigenvalue weighted by Crippen LogP contribution is -2.49. The highest BCUT2D eigenvalue weighted by molar-refractivity contribution is 6.30. The first-order valence-electron chi connectivity index (χ1n) is 9.41. The van der Waals surface area contributed by atoms with Gasteiger partial charge in [0, 0.05) is 56.0 Å². The molecule has 1 amide bonds. The molecule has 0 radical (unpaired) electrons. The number of benzene rings is 2. The number of β-amino-alcohol motifs (C(OH)–C–C–N with tert-alkyl or cyclic N) is 1. The predicted molar refractivity (Wildman–Crippen MR) is 112 cm³/mol. The molecule has 1 saturated heterocycles. The molecule has 0 unspecified atom stereocenters. The number of hydrogen-bond acceptors (Lipinski definition) is 5. The van der Waals surface area contributed by atoms with Gasteiger partial charge < -0.3 is 20.1 Å². The normalized spacial score (nSPS) is 15.9. The maximum Gasteiger partial charge on any atom is 0.221 e. The molecule has 2 aromatic rings. The van der Waals surface area contributed by atoms with Crippen molar-refractivity contribution in [3.63, 3.8) is 0 Å². The Labute approximate surface area is 170 Å². The lowest BCUT2D eigenvalue weighted by molar-refractivity contribution is -0.114. The predicted octanol–water partition coefficient (Wildman–Crippen LogP) is 2.86. The zero-order valence-electron chi connectivity index (χ0n) is 16.0. The van der Waals surface area contributed by atoms with Gasteiger partial charge in [-0.3, -0.25) is 9.69 Å². The van der Waals surface area contributed by atoms with Crippen molar-refractivity contribution in [1.29, 1.82) is 0 Å². The average molecular weight is 404 g/mol. The largest absolute Gasteiger partial charge is 0.491 e. The third kappa shape index (κ3) is 6.12. The molecule has 6 nitrogen and oxygen atoms in total. The van der Waals surface area contributed by atoms with Crippen molar-refractivity contribution in [3.05, 3.63) is 53.6 Å². The van der Waals surface area contributed by atoms with Crippen molar-refractivity contribution in [2.24, 2.45) is 0 Å². The minimum Gasteiger partial charge on any atom is -0.491 e. The highest BCUT2D eigenvalue weighted by atomic mass is 35.5. The van der Waals surface area contributed by atoms with Crippen LogP contribution in [-0.2, 0) is 4.79 Å². The highest BCUT2D eigenvalue weighted by Gasteiger charge is 2.20. The molecule has 7 heteroatoms.